The van der Waals surface area contributed by atoms with Crippen LogP contribution in [0.15, 0.2) is 93.2 Å². The Balaban J connectivity index is 1.45. The first-order chi connectivity index (χ1) is 17.9. The van der Waals surface area contributed by atoms with Crippen molar-refractivity contribution >= 4 is 27.3 Å². The number of hydrogen-bond acceptors (Lipinski definition) is 7. The van der Waals surface area contributed by atoms with Gasteiger partial charge in [-0.15, -0.1) is 0 Å². The zero-order valence-corrected chi connectivity index (χ0v) is 22.1. The number of benzene rings is 3. The van der Waals surface area contributed by atoms with Crippen LogP contribution < -0.4 is 9.64 Å². The Labute approximate surface area is 222 Å². The maximum atomic E-state index is 13.7. The first-order valence-corrected chi connectivity index (χ1v) is 14.1. The Hall–Kier alpha value is -3.33. The lowest BCUT2D eigenvalue weighted by Gasteiger charge is -2.34. The van der Waals surface area contributed by atoms with Crippen LogP contribution in [-0.2, 0) is 16.4 Å². The van der Waals surface area contributed by atoms with Crippen LogP contribution in [0.2, 0.25) is 5.02 Å². The smallest absolute Gasteiger partial charge is 0.236 e. The first kappa shape index (κ1) is 25.3. The number of piperazine rings is 1. The fourth-order valence-corrected chi connectivity index (χ4v) is 5.78. The molecule has 192 valence electrons. The van der Waals surface area contributed by atoms with Gasteiger partial charge in [-0.2, -0.15) is 4.98 Å². The van der Waals surface area contributed by atoms with E-state index in [1.54, 1.807) is 12.1 Å². The SMILES string of the molecule is CCOc1ccc(-c2nc(S(=O)(=O)c3ccc(Cl)cc3)c(N3CCN(Cc4ccccc4)CC3)o2)cc1. The summed E-state index contributed by atoms with van der Waals surface area (Å²) in [5.41, 5.74) is 1.92. The van der Waals surface area contributed by atoms with Crippen LogP contribution in [0.5, 0.6) is 5.75 Å². The topological polar surface area (TPSA) is 75.9 Å². The molecule has 0 aliphatic carbocycles. The molecule has 0 spiro atoms. The van der Waals surface area contributed by atoms with Crippen molar-refractivity contribution in [3.8, 4) is 17.2 Å². The molecule has 1 aliphatic heterocycles. The normalized spacial score (nSPS) is 14.6. The lowest BCUT2D eigenvalue weighted by Crippen LogP contribution is -2.46. The van der Waals surface area contributed by atoms with Gasteiger partial charge in [0.25, 0.3) is 0 Å². The van der Waals surface area contributed by atoms with Crippen LogP contribution in [0.1, 0.15) is 12.5 Å². The van der Waals surface area contributed by atoms with Gasteiger partial charge in [0.1, 0.15) is 5.75 Å². The van der Waals surface area contributed by atoms with Crippen molar-refractivity contribution in [2.75, 3.05) is 37.7 Å². The zero-order valence-electron chi connectivity index (χ0n) is 20.5. The molecule has 0 saturated carbocycles. The molecule has 0 atom stereocenters. The van der Waals surface area contributed by atoms with Crippen LogP contribution in [0.25, 0.3) is 11.5 Å². The van der Waals surface area contributed by atoms with Crippen LogP contribution in [0.4, 0.5) is 5.88 Å². The lowest BCUT2D eigenvalue weighted by atomic mass is 10.2. The van der Waals surface area contributed by atoms with E-state index in [2.05, 4.69) is 22.0 Å². The van der Waals surface area contributed by atoms with Gasteiger partial charge in [-0.05, 0) is 61.0 Å². The van der Waals surface area contributed by atoms with E-state index in [0.29, 0.717) is 30.3 Å². The molecule has 7 nitrogen and oxygen atoms in total. The average molecular weight is 538 g/mol. The Bertz CT molecular complexity index is 1430. The number of sulfone groups is 1. The molecule has 0 bridgehead atoms. The van der Waals surface area contributed by atoms with Gasteiger partial charge in [0.05, 0.1) is 11.5 Å². The molecule has 0 unspecified atom stereocenters. The van der Waals surface area contributed by atoms with Crippen molar-refractivity contribution in [2.45, 2.75) is 23.4 Å². The summed E-state index contributed by atoms with van der Waals surface area (Å²) in [6, 6.07) is 23.7. The molecule has 1 saturated heterocycles. The molecule has 0 N–H and O–H groups in total. The molecule has 37 heavy (non-hydrogen) atoms. The number of rotatable bonds is 8. The van der Waals surface area contributed by atoms with Gasteiger partial charge >= 0.3 is 0 Å². The molecule has 1 fully saturated rings. The minimum Gasteiger partial charge on any atom is -0.494 e. The molecular weight excluding hydrogens is 510 g/mol. The summed E-state index contributed by atoms with van der Waals surface area (Å²) < 4.78 is 39.1. The molecule has 2 heterocycles. The standard InChI is InChI=1S/C28H28ClN3O4S/c1-2-35-24-12-8-22(9-13-24)26-30-27(37(33,34)25-14-10-23(29)11-15-25)28(36-26)32-18-16-31(17-19-32)20-21-6-4-3-5-7-21/h3-15H,2,16-20H2,1H3. The van der Waals surface area contributed by atoms with Crippen LogP contribution >= 0.6 is 11.6 Å². The van der Waals surface area contributed by atoms with Crippen molar-refractivity contribution in [1.82, 2.24) is 9.88 Å². The van der Waals surface area contributed by atoms with Crippen LogP contribution in [0.3, 0.4) is 0 Å². The fourth-order valence-electron chi connectivity index (χ4n) is 4.33. The molecule has 1 aliphatic rings. The van der Waals surface area contributed by atoms with Gasteiger partial charge in [-0.1, -0.05) is 41.9 Å². The van der Waals surface area contributed by atoms with Crippen LogP contribution in [0, 0.1) is 0 Å². The van der Waals surface area contributed by atoms with Crippen molar-refractivity contribution < 1.29 is 17.6 Å². The summed E-state index contributed by atoms with van der Waals surface area (Å²) in [5.74, 6) is 1.23. The van der Waals surface area contributed by atoms with Gasteiger partial charge in [-0.3, -0.25) is 4.90 Å². The summed E-state index contributed by atoms with van der Waals surface area (Å²) in [7, 11) is -3.95. The molecule has 1 aromatic heterocycles. The summed E-state index contributed by atoms with van der Waals surface area (Å²) in [4.78, 5) is 8.94. The predicted molar refractivity (Wildman–Crippen MR) is 144 cm³/mol. The highest BCUT2D eigenvalue weighted by molar-refractivity contribution is 7.91. The second-order valence-corrected chi connectivity index (χ2v) is 11.1. The van der Waals surface area contributed by atoms with Gasteiger partial charge < -0.3 is 14.1 Å². The highest BCUT2D eigenvalue weighted by atomic mass is 35.5. The third-order valence-corrected chi connectivity index (χ3v) is 8.20. The Kier molecular flexibility index (Phi) is 7.50. The maximum absolute atomic E-state index is 13.7. The number of ether oxygens (including phenoxy) is 1. The first-order valence-electron chi connectivity index (χ1n) is 12.2. The second kappa shape index (κ2) is 11.0. The largest absolute Gasteiger partial charge is 0.494 e. The van der Waals surface area contributed by atoms with Crippen molar-refractivity contribution in [3.05, 3.63) is 89.4 Å². The number of anilines is 1. The lowest BCUT2D eigenvalue weighted by molar-refractivity contribution is 0.245. The van der Waals surface area contributed by atoms with Gasteiger partial charge in [-0.25, -0.2) is 8.42 Å². The fraction of sp³-hybridized carbons (Fsp3) is 0.250. The number of aromatic nitrogens is 1. The number of oxazole rings is 1. The number of hydrogen-bond donors (Lipinski definition) is 0. The predicted octanol–water partition coefficient (Wildman–Crippen LogP) is 5.55. The van der Waals surface area contributed by atoms with E-state index in [9.17, 15) is 8.42 Å². The number of halogens is 1. The Morgan fingerprint density at radius 3 is 2.24 bits per heavy atom. The second-order valence-electron chi connectivity index (χ2n) is 8.79. The van der Waals surface area contributed by atoms with Crippen molar-refractivity contribution in [3.63, 3.8) is 0 Å². The molecule has 9 heteroatoms. The Morgan fingerprint density at radius 2 is 1.59 bits per heavy atom. The van der Waals surface area contributed by atoms with E-state index in [1.165, 1.54) is 17.7 Å². The highest BCUT2D eigenvalue weighted by Gasteiger charge is 2.33. The quantitative estimate of drug-likeness (QED) is 0.292. The van der Waals surface area contributed by atoms with E-state index < -0.39 is 9.84 Å². The average Bonchev–Trinajstić information content (AvgIpc) is 3.37. The van der Waals surface area contributed by atoms with Crippen LogP contribution in [-0.4, -0.2) is 51.1 Å². The summed E-state index contributed by atoms with van der Waals surface area (Å²) in [6.07, 6.45) is 0. The molecule has 3 aromatic carbocycles. The highest BCUT2D eigenvalue weighted by Crippen LogP contribution is 2.36. The van der Waals surface area contributed by atoms with Crippen molar-refractivity contribution in [2.24, 2.45) is 0 Å². The van der Waals surface area contributed by atoms with E-state index in [0.717, 1.165) is 25.4 Å². The molecule has 5 rings (SSSR count). The third-order valence-electron chi connectivity index (χ3n) is 6.28. The Morgan fingerprint density at radius 1 is 0.919 bits per heavy atom. The zero-order chi connectivity index (χ0) is 25.8. The van der Waals surface area contributed by atoms with E-state index in [1.807, 2.05) is 54.3 Å². The van der Waals surface area contributed by atoms with E-state index in [4.69, 9.17) is 20.8 Å². The summed E-state index contributed by atoms with van der Waals surface area (Å²) >= 11 is 6.00. The maximum Gasteiger partial charge on any atom is 0.236 e. The minimum absolute atomic E-state index is 0.0878. The van der Waals surface area contributed by atoms with E-state index in [-0.39, 0.29) is 21.7 Å². The summed E-state index contributed by atoms with van der Waals surface area (Å²) in [5, 5.41) is 0.374. The minimum atomic E-state index is -3.95. The third kappa shape index (κ3) is 5.66. The molecule has 0 amide bonds. The molecule has 4 aromatic rings. The van der Waals surface area contributed by atoms with E-state index >= 15 is 0 Å². The summed E-state index contributed by atoms with van der Waals surface area (Å²) in [6.45, 7) is 6.10. The van der Waals surface area contributed by atoms with Gasteiger partial charge in [0.15, 0.2) is 0 Å². The van der Waals surface area contributed by atoms with Gasteiger partial charge in [0, 0.05) is 43.3 Å². The monoisotopic (exact) mass is 537 g/mol. The molecule has 0 radical (unpaired) electrons. The number of nitrogens with zero attached hydrogens (tertiary/aromatic N) is 3. The van der Waals surface area contributed by atoms with Crippen molar-refractivity contribution in [1.29, 1.82) is 0 Å². The van der Waals surface area contributed by atoms with Gasteiger partial charge in [0.2, 0.25) is 26.6 Å². The molecular formula is C28H28ClN3O4S.